The summed E-state index contributed by atoms with van der Waals surface area (Å²) in [5.74, 6) is 0.354. The zero-order valence-electron chi connectivity index (χ0n) is 17.9. The van der Waals surface area contributed by atoms with Crippen molar-refractivity contribution in [2.75, 3.05) is 27.7 Å². The van der Waals surface area contributed by atoms with Crippen molar-refractivity contribution in [1.82, 2.24) is 14.2 Å². The summed E-state index contributed by atoms with van der Waals surface area (Å²) in [5, 5.41) is 1.12. The average Bonchev–Trinajstić information content (AvgIpc) is 3.00. The van der Waals surface area contributed by atoms with Crippen molar-refractivity contribution in [2.45, 2.75) is 24.8 Å². The van der Waals surface area contributed by atoms with Crippen LogP contribution in [0.15, 0.2) is 47.5 Å². The average molecular weight is 416 g/mol. The Hall–Kier alpha value is -2.35. The van der Waals surface area contributed by atoms with Crippen LogP contribution in [0.1, 0.15) is 22.7 Å². The van der Waals surface area contributed by atoms with Crippen molar-refractivity contribution >= 4 is 20.9 Å². The molecule has 0 aliphatic carbocycles. The van der Waals surface area contributed by atoms with Gasteiger partial charge in [-0.1, -0.05) is 18.2 Å². The third kappa shape index (κ3) is 4.17. The van der Waals surface area contributed by atoms with E-state index in [2.05, 4.69) is 27.6 Å². The molecule has 3 aromatic rings. The van der Waals surface area contributed by atoms with Gasteiger partial charge in [-0.2, -0.15) is 0 Å². The second-order valence-electron chi connectivity index (χ2n) is 7.63. The summed E-state index contributed by atoms with van der Waals surface area (Å²) in [6, 6.07) is 11.5. The lowest BCUT2D eigenvalue weighted by molar-refractivity contribution is 0.300. The monoisotopic (exact) mass is 415 g/mol. The van der Waals surface area contributed by atoms with E-state index < -0.39 is 10.0 Å². The number of rotatable bonds is 7. The highest BCUT2D eigenvalue weighted by Gasteiger charge is 2.25. The molecule has 7 heteroatoms. The summed E-state index contributed by atoms with van der Waals surface area (Å²) in [4.78, 5) is 2.19. The highest BCUT2D eigenvalue weighted by Crippen LogP contribution is 2.30. The summed E-state index contributed by atoms with van der Waals surface area (Å²) >= 11 is 0. The zero-order chi connectivity index (χ0) is 21.3. The first kappa shape index (κ1) is 21.4. The zero-order valence-corrected chi connectivity index (χ0v) is 18.7. The molecular weight excluding hydrogens is 386 g/mol. The summed E-state index contributed by atoms with van der Waals surface area (Å²) < 4.78 is 36.4. The molecule has 0 aliphatic rings. The molecule has 1 unspecified atom stereocenters. The maximum atomic E-state index is 13.1. The second kappa shape index (κ2) is 8.18. The van der Waals surface area contributed by atoms with Crippen LogP contribution in [0, 0.1) is 13.8 Å². The van der Waals surface area contributed by atoms with Gasteiger partial charge in [0.2, 0.25) is 10.0 Å². The fraction of sp³-hybridized carbons (Fsp3) is 0.364. The van der Waals surface area contributed by atoms with E-state index in [1.54, 1.807) is 12.1 Å². The second-order valence-corrected chi connectivity index (χ2v) is 9.37. The molecule has 0 bridgehead atoms. The molecule has 0 fully saturated rings. The van der Waals surface area contributed by atoms with Crippen molar-refractivity contribution in [3.8, 4) is 5.75 Å². The van der Waals surface area contributed by atoms with Crippen LogP contribution in [-0.2, 0) is 17.1 Å². The molecular formula is C22H29N3O3S. The van der Waals surface area contributed by atoms with Gasteiger partial charge in [-0.05, 0) is 62.8 Å². The number of benzene rings is 2. The molecule has 0 saturated heterocycles. The van der Waals surface area contributed by atoms with Crippen molar-refractivity contribution in [2.24, 2.45) is 7.05 Å². The summed E-state index contributed by atoms with van der Waals surface area (Å²) in [5.41, 5.74) is 4.10. The molecule has 1 heterocycles. The van der Waals surface area contributed by atoms with E-state index in [0.29, 0.717) is 5.75 Å². The Morgan fingerprint density at radius 1 is 1.14 bits per heavy atom. The lowest BCUT2D eigenvalue weighted by atomic mass is 10.1. The fourth-order valence-corrected chi connectivity index (χ4v) is 4.88. The van der Waals surface area contributed by atoms with Crippen molar-refractivity contribution in [3.05, 3.63) is 59.3 Å². The number of ether oxygens (including phenoxy) is 1. The Balaban J connectivity index is 1.94. The first-order valence-electron chi connectivity index (χ1n) is 9.51. The molecule has 0 amide bonds. The molecule has 1 N–H and O–H groups in total. The van der Waals surface area contributed by atoms with Gasteiger partial charge < -0.3 is 14.2 Å². The van der Waals surface area contributed by atoms with Gasteiger partial charge in [0.25, 0.3) is 0 Å². The van der Waals surface area contributed by atoms with Gasteiger partial charge in [0.05, 0.1) is 7.11 Å². The topological polar surface area (TPSA) is 63.6 Å². The van der Waals surface area contributed by atoms with E-state index in [9.17, 15) is 8.42 Å². The van der Waals surface area contributed by atoms with Gasteiger partial charge >= 0.3 is 0 Å². The Kier molecular flexibility index (Phi) is 6.03. The van der Waals surface area contributed by atoms with Crippen LogP contribution in [0.3, 0.4) is 0 Å². The first-order chi connectivity index (χ1) is 13.7. The SMILES string of the molecule is COc1cc(C)c(C)cc1S(=O)(=O)NCC(c1cn(C)c2ccccc12)N(C)C. The number of hydrogen-bond acceptors (Lipinski definition) is 4. The number of methoxy groups -OCH3 is 1. The minimum absolute atomic E-state index is 0.117. The maximum absolute atomic E-state index is 13.1. The molecule has 0 spiro atoms. The molecule has 29 heavy (non-hydrogen) atoms. The van der Waals surface area contributed by atoms with E-state index in [1.807, 2.05) is 52.0 Å². The number of aromatic nitrogens is 1. The molecule has 1 atom stereocenters. The molecule has 156 valence electrons. The third-order valence-corrected chi connectivity index (χ3v) is 6.89. The van der Waals surface area contributed by atoms with Gasteiger partial charge in [-0.3, -0.25) is 0 Å². The maximum Gasteiger partial charge on any atom is 0.244 e. The minimum Gasteiger partial charge on any atom is -0.495 e. The Bertz CT molecular complexity index is 1130. The Morgan fingerprint density at radius 3 is 2.45 bits per heavy atom. The molecule has 0 saturated carbocycles. The standard InChI is InChI=1S/C22H29N3O3S/c1-15-11-21(28-6)22(12-16(15)2)29(26,27)23-13-20(24(3)4)18-14-25(5)19-10-8-7-9-17(18)19/h7-12,14,20,23H,13H2,1-6H3. The number of sulfonamides is 1. The van der Waals surface area contributed by atoms with Crippen molar-refractivity contribution in [3.63, 3.8) is 0 Å². The highest BCUT2D eigenvalue weighted by molar-refractivity contribution is 7.89. The predicted molar refractivity (Wildman–Crippen MR) is 117 cm³/mol. The normalized spacial score (nSPS) is 13.2. The number of aryl methyl sites for hydroxylation is 3. The number of fused-ring (bicyclic) bond motifs is 1. The van der Waals surface area contributed by atoms with Crippen LogP contribution in [0.25, 0.3) is 10.9 Å². The van der Waals surface area contributed by atoms with Gasteiger partial charge in [0, 0.05) is 36.7 Å². The summed E-state index contributed by atoms with van der Waals surface area (Å²) in [6.45, 7) is 4.08. The largest absolute Gasteiger partial charge is 0.495 e. The number of nitrogens with zero attached hydrogens (tertiary/aromatic N) is 2. The van der Waals surface area contributed by atoms with Gasteiger partial charge in [0.15, 0.2) is 0 Å². The molecule has 0 radical (unpaired) electrons. The van der Waals surface area contributed by atoms with E-state index in [0.717, 1.165) is 27.6 Å². The summed E-state index contributed by atoms with van der Waals surface area (Å²) in [7, 11) is 3.67. The van der Waals surface area contributed by atoms with E-state index in [1.165, 1.54) is 7.11 Å². The molecule has 6 nitrogen and oxygen atoms in total. The van der Waals surface area contributed by atoms with Crippen LogP contribution in [-0.4, -0.2) is 45.6 Å². The molecule has 2 aromatic carbocycles. The van der Waals surface area contributed by atoms with Crippen molar-refractivity contribution < 1.29 is 13.2 Å². The lowest BCUT2D eigenvalue weighted by Gasteiger charge is -2.25. The predicted octanol–water partition coefficient (Wildman–Crippen LogP) is 3.38. The Labute approximate surface area is 173 Å². The van der Waals surface area contributed by atoms with Crippen molar-refractivity contribution in [1.29, 1.82) is 0 Å². The molecule has 3 rings (SSSR count). The quantitative estimate of drug-likeness (QED) is 0.643. The third-order valence-electron chi connectivity index (χ3n) is 5.45. The summed E-state index contributed by atoms with van der Waals surface area (Å²) in [6.07, 6.45) is 2.07. The molecule has 1 aromatic heterocycles. The van der Waals surface area contributed by atoms with Crippen LogP contribution in [0.5, 0.6) is 5.75 Å². The minimum atomic E-state index is -3.73. The first-order valence-corrected chi connectivity index (χ1v) is 11.0. The lowest BCUT2D eigenvalue weighted by Crippen LogP contribution is -2.34. The number of para-hydroxylation sites is 1. The fourth-order valence-electron chi connectivity index (χ4n) is 3.61. The molecule has 0 aliphatic heterocycles. The highest BCUT2D eigenvalue weighted by atomic mass is 32.2. The number of nitrogens with one attached hydrogen (secondary N) is 1. The van der Waals surface area contributed by atoms with E-state index in [-0.39, 0.29) is 17.5 Å². The van der Waals surface area contributed by atoms with Gasteiger partial charge in [-0.25, -0.2) is 13.1 Å². The number of likely N-dealkylation sites (N-methyl/N-ethyl adjacent to an activating group) is 1. The Morgan fingerprint density at radius 2 is 1.79 bits per heavy atom. The van der Waals surface area contributed by atoms with Crippen LogP contribution in [0.4, 0.5) is 0 Å². The van der Waals surface area contributed by atoms with Crippen LogP contribution in [0.2, 0.25) is 0 Å². The van der Waals surface area contributed by atoms with Gasteiger partial charge in [-0.15, -0.1) is 0 Å². The van der Waals surface area contributed by atoms with E-state index in [4.69, 9.17) is 4.74 Å². The van der Waals surface area contributed by atoms with Crippen LogP contribution >= 0.6 is 0 Å². The van der Waals surface area contributed by atoms with Gasteiger partial charge in [0.1, 0.15) is 10.6 Å². The smallest absolute Gasteiger partial charge is 0.244 e. The van der Waals surface area contributed by atoms with E-state index >= 15 is 0 Å². The van der Waals surface area contributed by atoms with Crippen LogP contribution < -0.4 is 9.46 Å². The number of hydrogen-bond donors (Lipinski definition) is 1.